The standard InChI is InChI=1S/C15H13BrN4/c16-13-4-2-1-3-12(13)15(5-6-15)10-18-14-7-11(8-17)9-19-20-14/h1-4,7,9H,5-6,10H2,(H,18,20). The van der Waals surface area contributed by atoms with Gasteiger partial charge in [0.25, 0.3) is 0 Å². The highest BCUT2D eigenvalue weighted by Crippen LogP contribution is 2.50. The van der Waals surface area contributed by atoms with Crippen LogP contribution in [0.25, 0.3) is 0 Å². The number of hydrogen-bond acceptors (Lipinski definition) is 4. The summed E-state index contributed by atoms with van der Waals surface area (Å²) in [4.78, 5) is 0. The van der Waals surface area contributed by atoms with E-state index in [0.29, 0.717) is 11.4 Å². The summed E-state index contributed by atoms with van der Waals surface area (Å²) >= 11 is 3.62. The fraction of sp³-hybridized carbons (Fsp3) is 0.267. The minimum atomic E-state index is 0.171. The molecule has 0 atom stereocenters. The molecule has 20 heavy (non-hydrogen) atoms. The number of benzene rings is 1. The molecule has 1 saturated carbocycles. The third-order valence-corrected chi connectivity index (χ3v) is 4.38. The van der Waals surface area contributed by atoms with E-state index in [9.17, 15) is 0 Å². The normalized spacial score (nSPS) is 15.4. The summed E-state index contributed by atoms with van der Waals surface area (Å²) in [5, 5.41) is 20.0. The molecule has 0 amide bonds. The maximum atomic E-state index is 8.87. The summed E-state index contributed by atoms with van der Waals surface area (Å²) in [7, 11) is 0. The minimum absolute atomic E-state index is 0.171. The number of hydrogen-bond donors (Lipinski definition) is 1. The second-order valence-electron chi connectivity index (χ2n) is 5.06. The van der Waals surface area contributed by atoms with Gasteiger partial charge >= 0.3 is 0 Å². The fourth-order valence-electron chi connectivity index (χ4n) is 2.36. The molecule has 1 aliphatic carbocycles. The van der Waals surface area contributed by atoms with Crippen LogP contribution in [0, 0.1) is 11.3 Å². The second-order valence-corrected chi connectivity index (χ2v) is 5.91. The van der Waals surface area contributed by atoms with Crippen LogP contribution < -0.4 is 5.32 Å². The molecule has 4 nitrogen and oxygen atoms in total. The Morgan fingerprint density at radius 1 is 1.35 bits per heavy atom. The predicted molar refractivity (Wildman–Crippen MR) is 80.3 cm³/mol. The lowest BCUT2D eigenvalue weighted by molar-refractivity contribution is 0.724. The van der Waals surface area contributed by atoms with Crippen molar-refractivity contribution in [3.63, 3.8) is 0 Å². The zero-order chi connectivity index (χ0) is 14.0. The van der Waals surface area contributed by atoms with Gasteiger partial charge in [-0.2, -0.15) is 10.4 Å². The lowest BCUT2D eigenvalue weighted by Crippen LogP contribution is -2.20. The van der Waals surface area contributed by atoms with E-state index >= 15 is 0 Å². The molecule has 3 rings (SSSR count). The van der Waals surface area contributed by atoms with Crippen LogP contribution in [0.15, 0.2) is 41.0 Å². The molecule has 100 valence electrons. The number of aromatic nitrogens is 2. The molecule has 1 heterocycles. The van der Waals surface area contributed by atoms with Crippen LogP contribution in [-0.2, 0) is 5.41 Å². The van der Waals surface area contributed by atoms with Gasteiger partial charge in [-0.1, -0.05) is 34.1 Å². The van der Waals surface area contributed by atoms with E-state index in [1.807, 2.05) is 6.07 Å². The maximum Gasteiger partial charge on any atom is 0.149 e. The Labute approximate surface area is 126 Å². The van der Waals surface area contributed by atoms with Gasteiger partial charge in [0.15, 0.2) is 0 Å². The molecule has 0 aliphatic heterocycles. The summed E-state index contributed by atoms with van der Waals surface area (Å²) in [5.74, 6) is 0.655. The van der Waals surface area contributed by atoms with Gasteiger partial charge in [0, 0.05) is 22.5 Å². The van der Waals surface area contributed by atoms with E-state index in [2.05, 4.69) is 55.7 Å². The Kier molecular flexibility index (Phi) is 3.41. The maximum absolute atomic E-state index is 8.87. The van der Waals surface area contributed by atoms with Gasteiger partial charge in [0.05, 0.1) is 11.8 Å². The van der Waals surface area contributed by atoms with Gasteiger partial charge < -0.3 is 5.32 Å². The SMILES string of the molecule is N#Cc1cnnc(NCC2(c3ccccc3Br)CC2)c1. The number of nitriles is 1. The van der Waals surface area contributed by atoms with Crippen LogP contribution in [0.1, 0.15) is 24.0 Å². The number of rotatable bonds is 4. The molecule has 1 aromatic heterocycles. The molecule has 5 heteroatoms. The summed E-state index contributed by atoms with van der Waals surface area (Å²) in [5.41, 5.74) is 2.02. The Morgan fingerprint density at radius 3 is 2.85 bits per heavy atom. The number of nitrogens with one attached hydrogen (secondary N) is 1. The number of halogens is 1. The van der Waals surface area contributed by atoms with Crippen molar-refractivity contribution in [2.24, 2.45) is 0 Å². The van der Waals surface area contributed by atoms with Crippen molar-refractivity contribution in [2.75, 3.05) is 11.9 Å². The molecular weight excluding hydrogens is 316 g/mol. The second kappa shape index (κ2) is 5.22. The smallest absolute Gasteiger partial charge is 0.149 e. The first-order chi connectivity index (χ1) is 9.73. The van der Waals surface area contributed by atoms with Crippen molar-refractivity contribution >= 4 is 21.7 Å². The van der Waals surface area contributed by atoms with Gasteiger partial charge in [0.1, 0.15) is 11.9 Å². The summed E-state index contributed by atoms with van der Waals surface area (Å²) in [6.45, 7) is 0.805. The molecule has 0 saturated heterocycles. The first kappa shape index (κ1) is 13.1. The molecule has 1 aliphatic rings. The van der Waals surface area contributed by atoms with Crippen LogP contribution in [0.5, 0.6) is 0 Å². The predicted octanol–water partition coefficient (Wildman–Crippen LogP) is 3.25. The molecule has 1 fully saturated rings. The van der Waals surface area contributed by atoms with E-state index < -0.39 is 0 Å². The number of nitrogens with zero attached hydrogens (tertiary/aromatic N) is 3. The molecule has 0 bridgehead atoms. The monoisotopic (exact) mass is 328 g/mol. The molecule has 2 aromatic rings. The molecule has 1 N–H and O–H groups in total. The average molecular weight is 329 g/mol. The highest BCUT2D eigenvalue weighted by molar-refractivity contribution is 9.10. The highest BCUT2D eigenvalue weighted by Gasteiger charge is 2.45. The van der Waals surface area contributed by atoms with Crippen LogP contribution in [0.4, 0.5) is 5.82 Å². The first-order valence-electron chi connectivity index (χ1n) is 6.45. The van der Waals surface area contributed by atoms with Gasteiger partial charge in [0.2, 0.25) is 0 Å². The molecule has 0 unspecified atom stereocenters. The van der Waals surface area contributed by atoms with Gasteiger partial charge in [-0.05, 0) is 24.5 Å². The van der Waals surface area contributed by atoms with Crippen molar-refractivity contribution in [1.29, 1.82) is 5.26 Å². The molecule has 0 spiro atoms. The lowest BCUT2D eigenvalue weighted by Gasteiger charge is -2.18. The minimum Gasteiger partial charge on any atom is -0.368 e. The summed E-state index contributed by atoms with van der Waals surface area (Å²) in [6.07, 6.45) is 3.79. The lowest BCUT2D eigenvalue weighted by atomic mass is 9.96. The molecular formula is C15H13BrN4. The van der Waals surface area contributed by atoms with Gasteiger partial charge in [-0.15, -0.1) is 5.10 Å². The van der Waals surface area contributed by atoms with Crippen molar-refractivity contribution in [3.8, 4) is 6.07 Å². The van der Waals surface area contributed by atoms with Crippen LogP contribution >= 0.6 is 15.9 Å². The van der Waals surface area contributed by atoms with Crippen LogP contribution in [0.3, 0.4) is 0 Å². The first-order valence-corrected chi connectivity index (χ1v) is 7.24. The van der Waals surface area contributed by atoms with Gasteiger partial charge in [-0.3, -0.25) is 0 Å². The Hall–Kier alpha value is -1.93. The summed E-state index contributed by atoms with van der Waals surface area (Å²) < 4.78 is 1.15. The van der Waals surface area contributed by atoms with Crippen molar-refractivity contribution in [2.45, 2.75) is 18.3 Å². The Morgan fingerprint density at radius 2 is 2.15 bits per heavy atom. The molecule has 0 radical (unpaired) electrons. The topological polar surface area (TPSA) is 61.6 Å². The zero-order valence-corrected chi connectivity index (χ0v) is 12.4. The van der Waals surface area contributed by atoms with E-state index in [0.717, 1.165) is 23.9 Å². The Balaban J connectivity index is 1.75. The summed E-state index contributed by atoms with van der Waals surface area (Å²) in [6, 6.07) is 12.1. The molecule has 1 aromatic carbocycles. The van der Waals surface area contributed by atoms with E-state index in [4.69, 9.17) is 5.26 Å². The van der Waals surface area contributed by atoms with E-state index in [-0.39, 0.29) is 5.41 Å². The Bertz CT molecular complexity index is 674. The average Bonchev–Trinajstić information content (AvgIpc) is 3.27. The third-order valence-electron chi connectivity index (χ3n) is 3.69. The van der Waals surface area contributed by atoms with E-state index in [1.54, 1.807) is 6.07 Å². The van der Waals surface area contributed by atoms with Crippen molar-refractivity contribution < 1.29 is 0 Å². The fourth-order valence-corrected chi connectivity index (χ4v) is 3.06. The van der Waals surface area contributed by atoms with Crippen LogP contribution in [0.2, 0.25) is 0 Å². The third kappa shape index (κ3) is 2.52. The quantitative estimate of drug-likeness (QED) is 0.935. The zero-order valence-electron chi connectivity index (χ0n) is 10.8. The highest BCUT2D eigenvalue weighted by atomic mass is 79.9. The van der Waals surface area contributed by atoms with Gasteiger partial charge in [-0.25, -0.2) is 0 Å². The van der Waals surface area contributed by atoms with Crippen molar-refractivity contribution in [3.05, 3.63) is 52.1 Å². The van der Waals surface area contributed by atoms with Crippen LogP contribution in [-0.4, -0.2) is 16.7 Å². The number of anilines is 1. The van der Waals surface area contributed by atoms with E-state index in [1.165, 1.54) is 11.8 Å². The largest absolute Gasteiger partial charge is 0.368 e. The van der Waals surface area contributed by atoms with Crippen molar-refractivity contribution in [1.82, 2.24) is 10.2 Å².